The van der Waals surface area contributed by atoms with Gasteiger partial charge in [0.05, 0.1) is 24.9 Å². The first-order valence-corrected chi connectivity index (χ1v) is 8.97. The quantitative estimate of drug-likeness (QED) is 0.728. The Labute approximate surface area is 151 Å². The highest BCUT2D eigenvalue weighted by Crippen LogP contribution is 2.28. The van der Waals surface area contributed by atoms with Crippen LogP contribution in [0.5, 0.6) is 11.5 Å². The maximum Gasteiger partial charge on any atom is 0.309 e. The van der Waals surface area contributed by atoms with Gasteiger partial charge in [-0.2, -0.15) is 0 Å². The predicted octanol–water partition coefficient (Wildman–Crippen LogP) is 2.04. The zero-order valence-corrected chi connectivity index (χ0v) is 16.1. The van der Waals surface area contributed by atoms with Gasteiger partial charge in [-0.15, -0.1) is 0 Å². The van der Waals surface area contributed by atoms with Crippen LogP contribution in [-0.4, -0.2) is 50.7 Å². The van der Waals surface area contributed by atoms with E-state index in [1.54, 1.807) is 21.0 Å². The molecule has 1 aliphatic rings. The summed E-state index contributed by atoms with van der Waals surface area (Å²) in [5.74, 6) is 1.99. The van der Waals surface area contributed by atoms with Crippen molar-refractivity contribution < 1.29 is 24.0 Å². The Morgan fingerprint density at radius 1 is 1.16 bits per heavy atom. The highest BCUT2D eigenvalue weighted by molar-refractivity contribution is 6.47. The second-order valence-electron chi connectivity index (χ2n) is 7.71. The molecule has 1 fully saturated rings. The molecule has 25 heavy (non-hydrogen) atoms. The lowest BCUT2D eigenvalue weighted by Gasteiger charge is -2.37. The molecule has 1 saturated heterocycles. The van der Waals surface area contributed by atoms with Gasteiger partial charge in [-0.1, -0.05) is 6.07 Å². The molecule has 6 heteroatoms. The van der Waals surface area contributed by atoms with Gasteiger partial charge in [0.1, 0.15) is 0 Å². The topological polar surface area (TPSA) is 57.2 Å². The number of hydrogen-bond donors (Lipinski definition) is 1. The van der Waals surface area contributed by atoms with Crippen molar-refractivity contribution in [2.75, 3.05) is 26.9 Å². The van der Waals surface area contributed by atoms with Gasteiger partial charge < -0.3 is 24.0 Å². The van der Waals surface area contributed by atoms with Gasteiger partial charge in [-0.25, -0.2) is 0 Å². The number of benzene rings is 1. The van der Waals surface area contributed by atoms with Crippen LogP contribution in [0, 0.1) is 5.92 Å². The summed E-state index contributed by atoms with van der Waals surface area (Å²) in [6.07, 6.45) is 2.08. The van der Waals surface area contributed by atoms with Crippen LogP contribution >= 0.6 is 0 Å². The van der Waals surface area contributed by atoms with E-state index in [0.717, 1.165) is 37.3 Å². The number of hydrogen-bond acceptors (Lipinski definition) is 5. The minimum atomic E-state index is -0.927. The molecule has 140 valence electrons. The maximum atomic E-state index is 10.2. The SMILES string of the molecule is COc1cc(BOC(C)(C)C(C)(C)O)ccc1OCC1CCOCC1. The summed E-state index contributed by atoms with van der Waals surface area (Å²) in [6.45, 7) is 9.59. The molecule has 0 atom stereocenters. The third-order valence-corrected chi connectivity index (χ3v) is 5.12. The fourth-order valence-corrected chi connectivity index (χ4v) is 2.48. The number of ether oxygens (including phenoxy) is 3. The summed E-state index contributed by atoms with van der Waals surface area (Å²) in [4.78, 5) is 0. The molecule has 0 amide bonds. The van der Waals surface area contributed by atoms with Gasteiger partial charge in [0.25, 0.3) is 0 Å². The third-order valence-electron chi connectivity index (χ3n) is 5.12. The van der Waals surface area contributed by atoms with Gasteiger partial charge in [0.2, 0.25) is 0 Å². The largest absolute Gasteiger partial charge is 0.493 e. The summed E-state index contributed by atoms with van der Waals surface area (Å²) >= 11 is 0. The molecule has 0 aromatic heterocycles. The van der Waals surface area contributed by atoms with Crippen LogP contribution in [0.3, 0.4) is 0 Å². The molecule has 0 spiro atoms. The lowest BCUT2D eigenvalue weighted by atomic mass is 9.82. The lowest BCUT2D eigenvalue weighted by Crippen LogP contribution is -2.49. The molecule has 0 saturated carbocycles. The highest BCUT2D eigenvalue weighted by Gasteiger charge is 2.35. The molecule has 5 nitrogen and oxygen atoms in total. The van der Waals surface area contributed by atoms with Crippen molar-refractivity contribution in [1.29, 1.82) is 0 Å². The van der Waals surface area contributed by atoms with E-state index in [1.807, 2.05) is 32.0 Å². The lowest BCUT2D eigenvalue weighted by molar-refractivity contribution is -0.0893. The normalized spacial score (nSPS) is 16.6. The van der Waals surface area contributed by atoms with Gasteiger partial charge in [0.15, 0.2) is 11.5 Å². The molecular formula is C19H31BO5. The Balaban J connectivity index is 1.96. The van der Waals surface area contributed by atoms with E-state index >= 15 is 0 Å². The van der Waals surface area contributed by atoms with Crippen molar-refractivity contribution in [1.82, 2.24) is 0 Å². The first kappa shape index (κ1) is 20.1. The smallest absolute Gasteiger partial charge is 0.309 e. The molecule has 1 heterocycles. The number of methoxy groups -OCH3 is 1. The standard InChI is InChI=1S/C19H31BO5/c1-18(2,21)19(3,4)25-20-15-6-7-16(17(12-15)22-5)24-13-14-8-10-23-11-9-14/h6-7,12,14,20-21H,8-11,13H2,1-5H3. The zero-order chi connectivity index (χ0) is 18.5. The van der Waals surface area contributed by atoms with E-state index in [-0.39, 0.29) is 0 Å². The van der Waals surface area contributed by atoms with Crippen LogP contribution in [0.25, 0.3) is 0 Å². The van der Waals surface area contributed by atoms with Crippen molar-refractivity contribution in [3.8, 4) is 11.5 Å². The molecule has 1 aliphatic heterocycles. The summed E-state index contributed by atoms with van der Waals surface area (Å²) in [7, 11) is 2.04. The van der Waals surface area contributed by atoms with Crippen LogP contribution in [0.2, 0.25) is 0 Å². The second-order valence-corrected chi connectivity index (χ2v) is 7.71. The highest BCUT2D eigenvalue weighted by atomic mass is 16.5. The Morgan fingerprint density at radius 2 is 1.84 bits per heavy atom. The molecule has 1 N–H and O–H groups in total. The average molecular weight is 350 g/mol. The van der Waals surface area contributed by atoms with E-state index in [2.05, 4.69) is 0 Å². The Morgan fingerprint density at radius 3 is 2.44 bits per heavy atom. The molecule has 1 aromatic carbocycles. The van der Waals surface area contributed by atoms with E-state index in [0.29, 0.717) is 25.8 Å². The van der Waals surface area contributed by atoms with Crippen LogP contribution < -0.4 is 14.9 Å². The zero-order valence-electron chi connectivity index (χ0n) is 16.1. The second kappa shape index (κ2) is 8.43. The van der Waals surface area contributed by atoms with Crippen molar-refractivity contribution in [2.45, 2.75) is 51.7 Å². The fraction of sp³-hybridized carbons (Fsp3) is 0.684. The van der Waals surface area contributed by atoms with Gasteiger partial charge >= 0.3 is 7.48 Å². The van der Waals surface area contributed by atoms with Crippen molar-refractivity contribution in [2.24, 2.45) is 5.92 Å². The van der Waals surface area contributed by atoms with Crippen LogP contribution in [-0.2, 0) is 9.39 Å². The summed E-state index contributed by atoms with van der Waals surface area (Å²) in [5, 5.41) is 10.2. The van der Waals surface area contributed by atoms with Gasteiger partial charge in [0, 0.05) is 13.2 Å². The van der Waals surface area contributed by atoms with E-state index in [9.17, 15) is 5.11 Å². The van der Waals surface area contributed by atoms with Crippen molar-refractivity contribution in [3.63, 3.8) is 0 Å². The third kappa shape index (κ3) is 5.63. The van der Waals surface area contributed by atoms with E-state index < -0.39 is 11.2 Å². The van der Waals surface area contributed by atoms with E-state index in [4.69, 9.17) is 18.9 Å². The minimum absolute atomic E-state index is 0.396. The molecule has 2 rings (SSSR count). The molecule has 0 aliphatic carbocycles. The van der Waals surface area contributed by atoms with Crippen molar-refractivity contribution >= 4 is 12.9 Å². The molecule has 0 radical (unpaired) electrons. The summed E-state index contributed by atoms with van der Waals surface area (Å²) < 4.78 is 22.7. The average Bonchev–Trinajstić information content (AvgIpc) is 2.58. The van der Waals surface area contributed by atoms with Gasteiger partial charge in [-0.05, 0) is 64.1 Å². The minimum Gasteiger partial charge on any atom is -0.493 e. The number of rotatable bonds is 8. The van der Waals surface area contributed by atoms with Crippen LogP contribution in [0.15, 0.2) is 18.2 Å². The molecule has 0 bridgehead atoms. The monoisotopic (exact) mass is 350 g/mol. The van der Waals surface area contributed by atoms with Gasteiger partial charge in [-0.3, -0.25) is 0 Å². The summed E-state index contributed by atoms with van der Waals surface area (Å²) in [5.41, 5.74) is -0.602. The molecule has 1 aromatic rings. The molecule has 0 unspecified atom stereocenters. The van der Waals surface area contributed by atoms with Crippen molar-refractivity contribution in [3.05, 3.63) is 18.2 Å². The Bertz CT molecular complexity index is 547. The van der Waals surface area contributed by atoms with Crippen LogP contribution in [0.4, 0.5) is 0 Å². The number of aliphatic hydroxyl groups is 1. The Kier molecular flexibility index (Phi) is 6.77. The fourth-order valence-electron chi connectivity index (χ4n) is 2.48. The Hall–Kier alpha value is -1.24. The molecular weight excluding hydrogens is 319 g/mol. The van der Waals surface area contributed by atoms with E-state index in [1.165, 1.54) is 0 Å². The maximum absolute atomic E-state index is 10.2. The first-order chi connectivity index (χ1) is 11.7. The predicted molar refractivity (Wildman–Crippen MR) is 100 cm³/mol. The first-order valence-electron chi connectivity index (χ1n) is 8.97. The van der Waals surface area contributed by atoms with Crippen LogP contribution in [0.1, 0.15) is 40.5 Å². The summed E-state index contributed by atoms with van der Waals surface area (Å²) in [6, 6.07) is 5.83.